The lowest BCUT2D eigenvalue weighted by Crippen LogP contribution is -2.12. The lowest BCUT2D eigenvalue weighted by atomic mass is 10.1. The summed E-state index contributed by atoms with van der Waals surface area (Å²) in [6, 6.07) is 7.95. The summed E-state index contributed by atoms with van der Waals surface area (Å²) in [5, 5.41) is 7.18. The van der Waals surface area contributed by atoms with Gasteiger partial charge in [0.1, 0.15) is 23.1 Å². The number of anilines is 1. The number of nitrogens with zero attached hydrogens (tertiary/aromatic N) is 2. The van der Waals surface area contributed by atoms with Crippen molar-refractivity contribution in [1.82, 2.24) is 9.78 Å². The van der Waals surface area contributed by atoms with Gasteiger partial charge >= 0.3 is 0 Å². The minimum absolute atomic E-state index is 0.0341. The number of carbonyl (C=O) groups is 1. The Kier molecular flexibility index (Phi) is 5.41. The highest BCUT2D eigenvalue weighted by Crippen LogP contribution is 2.29. The second kappa shape index (κ2) is 7.75. The number of nitrogens with one attached hydrogen (secondary N) is 1. The quantitative estimate of drug-likeness (QED) is 0.687. The molecule has 0 aliphatic carbocycles. The Morgan fingerprint density at radius 2 is 2.04 bits per heavy atom. The van der Waals surface area contributed by atoms with Crippen LogP contribution in [0, 0.1) is 11.6 Å². The molecule has 0 aliphatic rings. The van der Waals surface area contributed by atoms with Crippen LogP contribution in [0.5, 0.6) is 5.75 Å². The molecule has 0 saturated heterocycles. The van der Waals surface area contributed by atoms with E-state index in [-0.39, 0.29) is 16.8 Å². The summed E-state index contributed by atoms with van der Waals surface area (Å²) in [4.78, 5) is 12.7. The molecule has 27 heavy (non-hydrogen) atoms. The maximum Gasteiger partial charge on any atom is 0.259 e. The van der Waals surface area contributed by atoms with Crippen LogP contribution in [0.25, 0.3) is 11.3 Å². The van der Waals surface area contributed by atoms with E-state index in [1.807, 2.05) is 6.92 Å². The van der Waals surface area contributed by atoms with Gasteiger partial charge in [-0.3, -0.25) is 9.48 Å². The van der Waals surface area contributed by atoms with Gasteiger partial charge in [-0.05, 0) is 37.3 Å². The van der Waals surface area contributed by atoms with Gasteiger partial charge < -0.3 is 10.1 Å². The molecule has 1 N–H and O–H groups in total. The van der Waals surface area contributed by atoms with E-state index in [4.69, 9.17) is 16.3 Å². The molecule has 8 heteroatoms. The average Bonchev–Trinajstić information content (AvgIpc) is 2.99. The molecular weight excluding hydrogens is 376 g/mol. The number of halogens is 3. The lowest BCUT2D eigenvalue weighted by Gasteiger charge is -2.09. The molecule has 1 heterocycles. The molecule has 1 aromatic heterocycles. The third kappa shape index (κ3) is 4.09. The number of aryl methyl sites for hydroxylation is 1. The van der Waals surface area contributed by atoms with Gasteiger partial charge in [-0.1, -0.05) is 11.6 Å². The van der Waals surface area contributed by atoms with E-state index >= 15 is 0 Å². The van der Waals surface area contributed by atoms with Crippen molar-refractivity contribution in [2.24, 2.45) is 7.05 Å². The number of benzene rings is 2. The molecule has 0 atom stereocenters. The van der Waals surface area contributed by atoms with Crippen molar-refractivity contribution >= 4 is 23.2 Å². The predicted molar refractivity (Wildman–Crippen MR) is 99.1 cm³/mol. The molecule has 0 spiro atoms. The van der Waals surface area contributed by atoms with Crippen molar-refractivity contribution in [1.29, 1.82) is 0 Å². The zero-order chi connectivity index (χ0) is 19.6. The second-order valence-electron chi connectivity index (χ2n) is 5.72. The van der Waals surface area contributed by atoms with Gasteiger partial charge in [-0.25, -0.2) is 8.78 Å². The fraction of sp³-hybridized carbons (Fsp3) is 0.158. The molecule has 5 nitrogen and oxygen atoms in total. The van der Waals surface area contributed by atoms with Crippen LogP contribution in [0.3, 0.4) is 0 Å². The first-order chi connectivity index (χ1) is 12.9. The third-order valence-electron chi connectivity index (χ3n) is 3.75. The van der Waals surface area contributed by atoms with Crippen molar-refractivity contribution in [2.75, 3.05) is 11.9 Å². The minimum Gasteiger partial charge on any atom is -0.492 e. The van der Waals surface area contributed by atoms with E-state index in [1.54, 1.807) is 25.2 Å². The highest BCUT2D eigenvalue weighted by atomic mass is 35.5. The number of aromatic nitrogens is 2. The van der Waals surface area contributed by atoms with Crippen LogP contribution in [0.1, 0.15) is 17.3 Å². The number of ether oxygens (including phenoxy) is 1. The molecule has 0 bridgehead atoms. The normalized spacial score (nSPS) is 10.7. The van der Waals surface area contributed by atoms with Gasteiger partial charge in [0, 0.05) is 30.6 Å². The maximum absolute atomic E-state index is 14.1. The summed E-state index contributed by atoms with van der Waals surface area (Å²) in [6.45, 7) is 2.30. The van der Waals surface area contributed by atoms with E-state index in [9.17, 15) is 13.6 Å². The van der Waals surface area contributed by atoms with Crippen LogP contribution < -0.4 is 10.1 Å². The van der Waals surface area contributed by atoms with Crippen LogP contribution in [0.2, 0.25) is 5.02 Å². The summed E-state index contributed by atoms with van der Waals surface area (Å²) in [5.74, 6) is -1.50. The standard InChI is InChI=1S/C19H16ClF2N3O2/c1-3-27-17-7-5-12(9-15(17)20)23-19(26)14-10-25(2)24-18(14)13-6-4-11(21)8-16(13)22/h4-10H,3H2,1-2H3,(H,23,26). The Hall–Kier alpha value is -2.93. The van der Waals surface area contributed by atoms with Gasteiger partial charge in [0.05, 0.1) is 17.2 Å². The first kappa shape index (κ1) is 18.8. The molecule has 3 aromatic rings. The van der Waals surface area contributed by atoms with Crippen LogP contribution in [-0.2, 0) is 7.05 Å². The molecule has 0 fully saturated rings. The minimum atomic E-state index is -0.799. The summed E-state index contributed by atoms with van der Waals surface area (Å²) in [6.07, 6.45) is 1.46. The summed E-state index contributed by atoms with van der Waals surface area (Å²) in [7, 11) is 1.61. The Morgan fingerprint density at radius 3 is 2.70 bits per heavy atom. The monoisotopic (exact) mass is 391 g/mol. The van der Waals surface area contributed by atoms with Crippen molar-refractivity contribution in [2.45, 2.75) is 6.92 Å². The van der Waals surface area contributed by atoms with Crippen LogP contribution >= 0.6 is 11.6 Å². The Balaban J connectivity index is 1.91. The number of rotatable bonds is 5. The van der Waals surface area contributed by atoms with Gasteiger partial charge in [0.2, 0.25) is 0 Å². The van der Waals surface area contributed by atoms with E-state index in [0.717, 1.165) is 12.1 Å². The van der Waals surface area contributed by atoms with Gasteiger partial charge in [-0.15, -0.1) is 0 Å². The molecule has 0 saturated carbocycles. The van der Waals surface area contributed by atoms with E-state index in [2.05, 4.69) is 10.4 Å². The summed E-state index contributed by atoms with van der Waals surface area (Å²) >= 11 is 6.13. The molecule has 0 aliphatic heterocycles. The highest BCUT2D eigenvalue weighted by Gasteiger charge is 2.20. The van der Waals surface area contributed by atoms with Gasteiger partial charge in [0.25, 0.3) is 5.91 Å². The molecule has 2 aromatic carbocycles. The highest BCUT2D eigenvalue weighted by molar-refractivity contribution is 6.32. The van der Waals surface area contributed by atoms with Crippen molar-refractivity contribution in [3.63, 3.8) is 0 Å². The largest absolute Gasteiger partial charge is 0.492 e. The third-order valence-corrected chi connectivity index (χ3v) is 4.04. The SMILES string of the molecule is CCOc1ccc(NC(=O)c2cn(C)nc2-c2ccc(F)cc2F)cc1Cl. The van der Waals surface area contributed by atoms with Crippen molar-refractivity contribution < 1.29 is 18.3 Å². The number of amides is 1. The second-order valence-corrected chi connectivity index (χ2v) is 6.13. The molecule has 0 radical (unpaired) electrons. The fourth-order valence-electron chi connectivity index (χ4n) is 2.58. The Bertz CT molecular complexity index is 1000. The zero-order valence-electron chi connectivity index (χ0n) is 14.6. The Morgan fingerprint density at radius 1 is 1.26 bits per heavy atom. The van der Waals surface area contributed by atoms with Crippen LogP contribution in [-0.4, -0.2) is 22.3 Å². The number of carbonyl (C=O) groups excluding carboxylic acids is 1. The van der Waals surface area contributed by atoms with Crippen molar-refractivity contribution in [3.8, 4) is 17.0 Å². The Labute approximate surface area is 159 Å². The molecule has 140 valence electrons. The van der Waals surface area contributed by atoms with E-state index in [1.165, 1.54) is 16.9 Å². The molecule has 1 amide bonds. The lowest BCUT2D eigenvalue weighted by molar-refractivity contribution is 0.102. The molecular formula is C19H16ClF2N3O2. The first-order valence-corrected chi connectivity index (χ1v) is 8.49. The van der Waals surface area contributed by atoms with E-state index in [0.29, 0.717) is 23.1 Å². The van der Waals surface area contributed by atoms with Crippen LogP contribution in [0.15, 0.2) is 42.6 Å². The van der Waals surface area contributed by atoms with Crippen LogP contribution in [0.4, 0.5) is 14.5 Å². The number of hydrogen-bond donors (Lipinski definition) is 1. The average molecular weight is 392 g/mol. The summed E-state index contributed by atoms with van der Waals surface area (Å²) in [5.41, 5.74) is 0.743. The summed E-state index contributed by atoms with van der Waals surface area (Å²) < 4.78 is 34.0. The first-order valence-electron chi connectivity index (χ1n) is 8.11. The predicted octanol–water partition coefficient (Wildman–Crippen LogP) is 4.67. The van der Waals surface area contributed by atoms with E-state index < -0.39 is 17.5 Å². The topological polar surface area (TPSA) is 56.1 Å². The fourth-order valence-corrected chi connectivity index (χ4v) is 2.82. The smallest absolute Gasteiger partial charge is 0.259 e. The molecule has 0 unspecified atom stereocenters. The molecule has 3 rings (SSSR count). The number of hydrogen-bond acceptors (Lipinski definition) is 3. The van der Waals surface area contributed by atoms with Gasteiger partial charge in [-0.2, -0.15) is 5.10 Å². The van der Waals surface area contributed by atoms with Crippen molar-refractivity contribution in [3.05, 3.63) is 64.8 Å². The maximum atomic E-state index is 14.1. The zero-order valence-corrected chi connectivity index (χ0v) is 15.3. The van der Waals surface area contributed by atoms with Gasteiger partial charge in [0.15, 0.2) is 0 Å².